The molecule has 0 aliphatic carbocycles. The van der Waals surface area contributed by atoms with Crippen molar-refractivity contribution in [2.75, 3.05) is 5.73 Å². The zero-order valence-electron chi connectivity index (χ0n) is 8.79. The molecule has 14 heavy (non-hydrogen) atoms. The SMILES string of the molecule is CCCCCCc1ccc(N)c(O)c1. The molecule has 0 unspecified atom stereocenters. The molecule has 0 bridgehead atoms. The first kappa shape index (κ1) is 10.9. The molecule has 0 aromatic heterocycles. The van der Waals surface area contributed by atoms with Crippen LogP contribution in [0.1, 0.15) is 38.2 Å². The highest BCUT2D eigenvalue weighted by Crippen LogP contribution is 2.21. The van der Waals surface area contributed by atoms with Gasteiger partial charge in [-0.1, -0.05) is 32.3 Å². The number of rotatable bonds is 5. The lowest BCUT2D eigenvalue weighted by molar-refractivity contribution is 0.477. The van der Waals surface area contributed by atoms with E-state index in [1.54, 1.807) is 12.1 Å². The van der Waals surface area contributed by atoms with Crippen LogP contribution in [-0.2, 0) is 6.42 Å². The number of hydrogen-bond acceptors (Lipinski definition) is 2. The van der Waals surface area contributed by atoms with E-state index in [1.807, 2.05) is 6.07 Å². The van der Waals surface area contributed by atoms with Gasteiger partial charge < -0.3 is 10.8 Å². The van der Waals surface area contributed by atoms with Gasteiger partial charge in [0.2, 0.25) is 0 Å². The van der Waals surface area contributed by atoms with Gasteiger partial charge >= 0.3 is 0 Å². The first-order valence-corrected chi connectivity index (χ1v) is 5.31. The summed E-state index contributed by atoms with van der Waals surface area (Å²) in [6.45, 7) is 2.20. The van der Waals surface area contributed by atoms with Crippen molar-refractivity contribution in [1.82, 2.24) is 0 Å². The Labute approximate surface area is 85.8 Å². The largest absolute Gasteiger partial charge is 0.506 e. The molecule has 78 valence electrons. The monoisotopic (exact) mass is 193 g/mol. The van der Waals surface area contributed by atoms with E-state index in [4.69, 9.17) is 5.73 Å². The van der Waals surface area contributed by atoms with E-state index in [9.17, 15) is 5.11 Å². The molecule has 2 heteroatoms. The number of benzene rings is 1. The fourth-order valence-electron chi connectivity index (χ4n) is 1.50. The minimum Gasteiger partial charge on any atom is -0.506 e. The van der Waals surface area contributed by atoms with Crippen LogP contribution in [0.4, 0.5) is 5.69 Å². The minimum absolute atomic E-state index is 0.206. The van der Waals surface area contributed by atoms with Gasteiger partial charge in [0.1, 0.15) is 5.75 Å². The molecule has 1 aromatic rings. The number of anilines is 1. The van der Waals surface area contributed by atoms with Gasteiger partial charge in [-0.2, -0.15) is 0 Å². The van der Waals surface area contributed by atoms with E-state index in [2.05, 4.69) is 6.92 Å². The third-order valence-electron chi connectivity index (χ3n) is 2.41. The number of phenols is 1. The third-order valence-corrected chi connectivity index (χ3v) is 2.41. The average molecular weight is 193 g/mol. The van der Waals surface area contributed by atoms with Crippen LogP contribution < -0.4 is 5.73 Å². The van der Waals surface area contributed by atoms with Gasteiger partial charge in [-0.25, -0.2) is 0 Å². The van der Waals surface area contributed by atoms with Crippen LogP contribution in [0.15, 0.2) is 18.2 Å². The molecule has 0 atom stereocenters. The van der Waals surface area contributed by atoms with Crippen molar-refractivity contribution in [3.8, 4) is 5.75 Å². The van der Waals surface area contributed by atoms with Crippen LogP contribution in [0.25, 0.3) is 0 Å². The molecule has 0 spiro atoms. The summed E-state index contributed by atoms with van der Waals surface area (Å²) in [6, 6.07) is 5.52. The number of nitrogens with two attached hydrogens (primary N) is 1. The number of phenolic OH excluding ortho intramolecular Hbond substituents is 1. The number of nitrogen functional groups attached to an aromatic ring is 1. The number of unbranched alkanes of at least 4 members (excludes halogenated alkanes) is 3. The van der Waals surface area contributed by atoms with Crippen molar-refractivity contribution in [2.45, 2.75) is 39.0 Å². The average Bonchev–Trinajstić information content (AvgIpc) is 2.18. The lowest BCUT2D eigenvalue weighted by Crippen LogP contribution is -1.89. The molecule has 0 amide bonds. The molecule has 1 rings (SSSR count). The van der Waals surface area contributed by atoms with Crippen molar-refractivity contribution in [2.24, 2.45) is 0 Å². The summed E-state index contributed by atoms with van der Waals surface area (Å²) < 4.78 is 0. The third kappa shape index (κ3) is 3.29. The Morgan fingerprint density at radius 3 is 2.64 bits per heavy atom. The summed E-state index contributed by atoms with van der Waals surface area (Å²) in [5, 5.41) is 9.38. The van der Waals surface area contributed by atoms with Crippen molar-refractivity contribution < 1.29 is 5.11 Å². The molecule has 0 saturated carbocycles. The smallest absolute Gasteiger partial charge is 0.138 e. The Kier molecular flexibility index (Phi) is 4.30. The van der Waals surface area contributed by atoms with Crippen LogP contribution in [0.3, 0.4) is 0 Å². The highest BCUT2D eigenvalue weighted by molar-refractivity contribution is 5.52. The molecular formula is C12H19NO. The maximum absolute atomic E-state index is 9.38. The van der Waals surface area contributed by atoms with Crippen LogP contribution in [0.2, 0.25) is 0 Å². The standard InChI is InChI=1S/C12H19NO/c1-2-3-4-5-6-10-7-8-11(13)12(14)9-10/h7-9,14H,2-6,13H2,1H3. The second-order valence-electron chi connectivity index (χ2n) is 3.70. The maximum atomic E-state index is 9.38. The molecule has 0 fully saturated rings. The zero-order valence-corrected chi connectivity index (χ0v) is 8.79. The topological polar surface area (TPSA) is 46.2 Å². The number of aryl methyl sites for hydroxylation is 1. The molecule has 1 aromatic carbocycles. The fourth-order valence-corrected chi connectivity index (χ4v) is 1.50. The lowest BCUT2D eigenvalue weighted by atomic mass is 10.1. The predicted octanol–water partition coefficient (Wildman–Crippen LogP) is 3.10. The molecule has 0 aliphatic rings. The van der Waals surface area contributed by atoms with Gasteiger partial charge in [-0.15, -0.1) is 0 Å². The molecule has 3 N–H and O–H groups in total. The Hall–Kier alpha value is -1.18. The van der Waals surface area contributed by atoms with Crippen LogP contribution >= 0.6 is 0 Å². The Bertz CT molecular complexity index is 284. The van der Waals surface area contributed by atoms with Crippen LogP contribution in [0, 0.1) is 0 Å². The van der Waals surface area contributed by atoms with E-state index in [-0.39, 0.29) is 5.75 Å². The Morgan fingerprint density at radius 2 is 2.00 bits per heavy atom. The van der Waals surface area contributed by atoms with Gasteiger partial charge in [0.15, 0.2) is 0 Å². The molecule has 0 saturated heterocycles. The van der Waals surface area contributed by atoms with Crippen molar-refractivity contribution in [3.63, 3.8) is 0 Å². The van der Waals surface area contributed by atoms with E-state index >= 15 is 0 Å². The molecular weight excluding hydrogens is 174 g/mol. The maximum Gasteiger partial charge on any atom is 0.138 e. The lowest BCUT2D eigenvalue weighted by Gasteiger charge is -2.03. The van der Waals surface area contributed by atoms with E-state index in [0.29, 0.717) is 5.69 Å². The Balaban J connectivity index is 2.39. The van der Waals surface area contributed by atoms with Gasteiger partial charge in [-0.3, -0.25) is 0 Å². The summed E-state index contributed by atoms with van der Waals surface area (Å²) in [7, 11) is 0. The van der Waals surface area contributed by atoms with Gasteiger partial charge in [0.05, 0.1) is 5.69 Å². The van der Waals surface area contributed by atoms with Crippen molar-refractivity contribution in [1.29, 1.82) is 0 Å². The highest BCUT2D eigenvalue weighted by Gasteiger charge is 1.98. The highest BCUT2D eigenvalue weighted by atomic mass is 16.3. The van der Waals surface area contributed by atoms with Crippen LogP contribution in [0.5, 0.6) is 5.75 Å². The summed E-state index contributed by atoms with van der Waals surface area (Å²) in [6.07, 6.45) is 6.04. The predicted molar refractivity (Wildman–Crippen MR) is 60.4 cm³/mol. The van der Waals surface area contributed by atoms with Crippen LogP contribution in [-0.4, -0.2) is 5.11 Å². The number of aromatic hydroxyl groups is 1. The number of hydrogen-bond donors (Lipinski definition) is 2. The molecule has 0 aliphatic heterocycles. The minimum atomic E-state index is 0.206. The van der Waals surface area contributed by atoms with Gasteiger partial charge in [0, 0.05) is 0 Å². The van der Waals surface area contributed by atoms with E-state index in [0.717, 1.165) is 6.42 Å². The quantitative estimate of drug-likeness (QED) is 0.429. The Morgan fingerprint density at radius 1 is 1.21 bits per heavy atom. The zero-order chi connectivity index (χ0) is 10.4. The molecule has 2 nitrogen and oxygen atoms in total. The first-order chi connectivity index (χ1) is 6.74. The molecule has 0 heterocycles. The van der Waals surface area contributed by atoms with Gasteiger partial charge in [0.25, 0.3) is 0 Å². The second kappa shape index (κ2) is 5.53. The fraction of sp³-hybridized carbons (Fsp3) is 0.500. The van der Waals surface area contributed by atoms with E-state index in [1.165, 1.54) is 31.2 Å². The summed E-state index contributed by atoms with van der Waals surface area (Å²) in [4.78, 5) is 0. The normalized spacial score (nSPS) is 10.4. The summed E-state index contributed by atoms with van der Waals surface area (Å²) in [5.74, 6) is 0.206. The molecule has 0 radical (unpaired) electrons. The van der Waals surface area contributed by atoms with Crippen molar-refractivity contribution >= 4 is 5.69 Å². The van der Waals surface area contributed by atoms with E-state index < -0.39 is 0 Å². The first-order valence-electron chi connectivity index (χ1n) is 5.31. The summed E-state index contributed by atoms with van der Waals surface area (Å²) in [5.41, 5.74) is 7.15. The second-order valence-corrected chi connectivity index (χ2v) is 3.70. The summed E-state index contributed by atoms with van der Waals surface area (Å²) >= 11 is 0. The van der Waals surface area contributed by atoms with Crippen molar-refractivity contribution in [3.05, 3.63) is 23.8 Å². The van der Waals surface area contributed by atoms with Gasteiger partial charge in [-0.05, 0) is 30.5 Å².